The molecule has 82 valence electrons. The summed E-state index contributed by atoms with van der Waals surface area (Å²) in [4.78, 5) is 7.92. The lowest BCUT2D eigenvalue weighted by atomic mass is 10.2. The molecule has 1 N–H and O–H groups in total. The van der Waals surface area contributed by atoms with Gasteiger partial charge in [0.25, 0.3) is 0 Å². The van der Waals surface area contributed by atoms with Gasteiger partial charge in [0, 0.05) is 6.54 Å². The smallest absolute Gasteiger partial charge is 0.149 e. The fraction of sp³-hybridized carbons (Fsp3) is 0.0909. The van der Waals surface area contributed by atoms with Crippen LogP contribution < -0.4 is 5.32 Å². The molecule has 1 heterocycles. The number of halogens is 2. The van der Waals surface area contributed by atoms with Crippen LogP contribution in [0.1, 0.15) is 5.56 Å². The number of anilines is 1. The first-order chi connectivity index (χ1) is 7.74. The highest BCUT2D eigenvalue weighted by Gasteiger charge is 1.97. The zero-order valence-corrected chi connectivity index (χ0v) is 9.08. The Hall–Kier alpha value is -1.68. The van der Waals surface area contributed by atoms with Crippen LogP contribution in [0, 0.1) is 5.82 Å². The van der Waals surface area contributed by atoms with E-state index in [0.717, 1.165) is 5.56 Å². The minimum Gasteiger partial charge on any atom is -0.365 e. The second-order valence-electron chi connectivity index (χ2n) is 3.21. The van der Waals surface area contributed by atoms with Gasteiger partial charge in [-0.2, -0.15) is 0 Å². The van der Waals surface area contributed by atoms with E-state index in [2.05, 4.69) is 15.3 Å². The first-order valence-corrected chi connectivity index (χ1v) is 5.08. The number of rotatable bonds is 3. The Bertz CT molecular complexity index is 473. The van der Waals surface area contributed by atoms with E-state index in [1.807, 2.05) is 0 Å². The van der Waals surface area contributed by atoms with Crippen molar-refractivity contribution in [1.82, 2.24) is 9.97 Å². The highest BCUT2D eigenvalue weighted by atomic mass is 35.5. The number of hydrogen-bond acceptors (Lipinski definition) is 3. The molecule has 1 aromatic heterocycles. The standard InChI is InChI=1S/C11H9ClFN3/c12-10-6-14-7-11(16-10)15-5-8-1-3-9(13)4-2-8/h1-4,6-7H,5H2,(H,15,16). The van der Waals surface area contributed by atoms with Gasteiger partial charge < -0.3 is 5.32 Å². The minimum absolute atomic E-state index is 0.244. The fourth-order valence-electron chi connectivity index (χ4n) is 1.22. The van der Waals surface area contributed by atoms with Crippen LogP contribution in [0.4, 0.5) is 10.2 Å². The van der Waals surface area contributed by atoms with Crippen molar-refractivity contribution in [3.63, 3.8) is 0 Å². The molecule has 2 rings (SSSR count). The van der Waals surface area contributed by atoms with Crippen molar-refractivity contribution >= 4 is 17.4 Å². The summed E-state index contributed by atoms with van der Waals surface area (Å²) in [5.74, 6) is 0.350. The van der Waals surface area contributed by atoms with Gasteiger partial charge in [0.05, 0.1) is 12.4 Å². The third-order valence-corrected chi connectivity index (χ3v) is 2.17. The van der Waals surface area contributed by atoms with Crippen molar-refractivity contribution in [2.24, 2.45) is 0 Å². The van der Waals surface area contributed by atoms with Gasteiger partial charge >= 0.3 is 0 Å². The lowest BCUT2D eigenvalue weighted by Crippen LogP contribution is -2.01. The molecule has 1 aromatic carbocycles. The van der Waals surface area contributed by atoms with Crippen molar-refractivity contribution in [2.75, 3.05) is 5.32 Å². The highest BCUT2D eigenvalue weighted by Crippen LogP contribution is 2.09. The van der Waals surface area contributed by atoms with Crippen molar-refractivity contribution in [3.05, 3.63) is 53.2 Å². The Morgan fingerprint density at radius 2 is 1.94 bits per heavy atom. The SMILES string of the molecule is Fc1ccc(CNc2cncc(Cl)n2)cc1. The van der Waals surface area contributed by atoms with Crippen LogP contribution in [0.2, 0.25) is 5.15 Å². The molecule has 0 aliphatic rings. The number of benzene rings is 1. The van der Waals surface area contributed by atoms with E-state index < -0.39 is 0 Å². The molecule has 0 spiro atoms. The molecule has 0 saturated carbocycles. The first kappa shape index (κ1) is 10.8. The van der Waals surface area contributed by atoms with Crippen LogP contribution in [0.5, 0.6) is 0 Å². The van der Waals surface area contributed by atoms with Gasteiger partial charge in [-0.15, -0.1) is 0 Å². The first-order valence-electron chi connectivity index (χ1n) is 4.70. The van der Waals surface area contributed by atoms with Crippen molar-refractivity contribution in [3.8, 4) is 0 Å². The molecule has 0 aliphatic heterocycles. The van der Waals surface area contributed by atoms with Crippen LogP contribution in [-0.4, -0.2) is 9.97 Å². The predicted molar refractivity (Wildman–Crippen MR) is 60.8 cm³/mol. The molecule has 3 nitrogen and oxygen atoms in total. The molecule has 0 radical (unpaired) electrons. The van der Waals surface area contributed by atoms with Crippen LogP contribution in [-0.2, 0) is 6.54 Å². The van der Waals surface area contributed by atoms with E-state index in [1.54, 1.807) is 18.3 Å². The minimum atomic E-state index is -0.244. The van der Waals surface area contributed by atoms with Gasteiger partial charge in [0.2, 0.25) is 0 Å². The average Bonchev–Trinajstić information content (AvgIpc) is 2.28. The average molecular weight is 238 g/mol. The maximum atomic E-state index is 12.6. The van der Waals surface area contributed by atoms with E-state index in [4.69, 9.17) is 11.6 Å². The third kappa shape index (κ3) is 2.90. The Balaban J connectivity index is 1.99. The number of nitrogens with one attached hydrogen (secondary N) is 1. The van der Waals surface area contributed by atoms with Crippen LogP contribution in [0.25, 0.3) is 0 Å². The summed E-state index contributed by atoms with van der Waals surface area (Å²) in [5.41, 5.74) is 0.961. The fourth-order valence-corrected chi connectivity index (χ4v) is 1.37. The van der Waals surface area contributed by atoms with E-state index >= 15 is 0 Å². The van der Waals surface area contributed by atoms with Crippen LogP contribution >= 0.6 is 11.6 Å². The Morgan fingerprint density at radius 1 is 1.19 bits per heavy atom. The molecule has 5 heteroatoms. The largest absolute Gasteiger partial charge is 0.365 e. The second-order valence-corrected chi connectivity index (χ2v) is 3.59. The van der Waals surface area contributed by atoms with E-state index in [9.17, 15) is 4.39 Å². The summed E-state index contributed by atoms with van der Waals surface area (Å²) >= 11 is 5.68. The topological polar surface area (TPSA) is 37.8 Å². The third-order valence-electron chi connectivity index (χ3n) is 1.99. The molecule has 0 unspecified atom stereocenters. The molecule has 0 fully saturated rings. The van der Waals surface area contributed by atoms with Gasteiger partial charge in [-0.25, -0.2) is 9.37 Å². The van der Waals surface area contributed by atoms with Gasteiger partial charge in [0.1, 0.15) is 16.8 Å². The van der Waals surface area contributed by atoms with E-state index in [-0.39, 0.29) is 5.82 Å². The predicted octanol–water partition coefficient (Wildman–Crippen LogP) is 2.88. The normalized spacial score (nSPS) is 10.1. The maximum absolute atomic E-state index is 12.6. The summed E-state index contributed by atoms with van der Waals surface area (Å²) in [5, 5.41) is 3.38. The van der Waals surface area contributed by atoms with E-state index in [1.165, 1.54) is 18.3 Å². The number of hydrogen-bond donors (Lipinski definition) is 1. The zero-order chi connectivity index (χ0) is 11.4. The Labute approximate surface area is 97.3 Å². The number of aromatic nitrogens is 2. The zero-order valence-electron chi connectivity index (χ0n) is 8.32. The summed E-state index contributed by atoms with van der Waals surface area (Å²) in [6.45, 7) is 0.551. The molecular formula is C11H9ClFN3. The molecular weight excluding hydrogens is 229 g/mol. The molecule has 0 amide bonds. The molecule has 2 aromatic rings. The van der Waals surface area contributed by atoms with Crippen molar-refractivity contribution in [2.45, 2.75) is 6.54 Å². The van der Waals surface area contributed by atoms with E-state index in [0.29, 0.717) is 17.5 Å². The van der Waals surface area contributed by atoms with Gasteiger partial charge in [-0.3, -0.25) is 4.98 Å². The summed E-state index contributed by atoms with van der Waals surface area (Å²) in [6, 6.07) is 6.25. The molecule has 0 saturated heterocycles. The van der Waals surface area contributed by atoms with Gasteiger partial charge in [0.15, 0.2) is 0 Å². The second kappa shape index (κ2) is 4.90. The molecule has 0 aliphatic carbocycles. The van der Waals surface area contributed by atoms with Crippen LogP contribution in [0.3, 0.4) is 0 Å². The quantitative estimate of drug-likeness (QED) is 0.892. The van der Waals surface area contributed by atoms with Gasteiger partial charge in [-0.1, -0.05) is 23.7 Å². The Morgan fingerprint density at radius 3 is 2.62 bits per heavy atom. The maximum Gasteiger partial charge on any atom is 0.149 e. The molecule has 16 heavy (non-hydrogen) atoms. The lowest BCUT2D eigenvalue weighted by molar-refractivity contribution is 0.627. The van der Waals surface area contributed by atoms with Crippen LogP contribution in [0.15, 0.2) is 36.7 Å². The summed E-state index contributed by atoms with van der Waals surface area (Å²) in [6.07, 6.45) is 3.04. The molecule has 0 atom stereocenters. The number of nitrogens with zero attached hydrogens (tertiary/aromatic N) is 2. The molecule has 0 bridgehead atoms. The monoisotopic (exact) mass is 237 g/mol. The Kier molecular flexibility index (Phi) is 3.31. The van der Waals surface area contributed by atoms with Crippen molar-refractivity contribution in [1.29, 1.82) is 0 Å². The summed E-state index contributed by atoms with van der Waals surface area (Å²) < 4.78 is 12.6. The highest BCUT2D eigenvalue weighted by molar-refractivity contribution is 6.29. The van der Waals surface area contributed by atoms with Gasteiger partial charge in [-0.05, 0) is 17.7 Å². The summed E-state index contributed by atoms with van der Waals surface area (Å²) in [7, 11) is 0. The van der Waals surface area contributed by atoms with Crippen molar-refractivity contribution < 1.29 is 4.39 Å². The lowest BCUT2D eigenvalue weighted by Gasteiger charge is -2.05.